The van der Waals surface area contributed by atoms with Crippen molar-refractivity contribution < 1.29 is 28.7 Å². The van der Waals surface area contributed by atoms with Gasteiger partial charge in [0.25, 0.3) is 0 Å². The first kappa shape index (κ1) is 19.0. The van der Waals surface area contributed by atoms with Crippen molar-refractivity contribution in [2.75, 3.05) is 20.3 Å². The van der Waals surface area contributed by atoms with Crippen molar-refractivity contribution in [3.63, 3.8) is 0 Å². The Hall–Kier alpha value is -2.96. The zero-order valence-electron chi connectivity index (χ0n) is 16.7. The average molecular weight is 409 g/mol. The number of nitrogens with zero attached hydrogens (tertiary/aromatic N) is 1. The number of likely N-dealkylation sites (tertiary alicyclic amines) is 1. The molecule has 0 aromatic heterocycles. The number of imide groups is 1. The van der Waals surface area contributed by atoms with Crippen LogP contribution in [0.25, 0.3) is 0 Å². The molecular weight excluding hydrogens is 386 g/mol. The van der Waals surface area contributed by atoms with Crippen molar-refractivity contribution in [2.45, 2.75) is 12.8 Å². The predicted molar refractivity (Wildman–Crippen MR) is 104 cm³/mol. The van der Waals surface area contributed by atoms with Gasteiger partial charge >= 0.3 is 5.97 Å². The molecular formula is C23H23NO6. The zero-order chi connectivity index (χ0) is 21.0. The number of rotatable bonds is 7. The SMILES string of the molecule is COc1ccc(C(=O)COC(=O)CCN2C(=O)[C@@H]3[C@H]4C=C[C@H]([C@@H]5C[C@H]45)[C@@H]3C2=O)cc1. The third-order valence-electron chi connectivity index (χ3n) is 7.07. The van der Waals surface area contributed by atoms with Gasteiger partial charge in [0, 0.05) is 12.1 Å². The van der Waals surface area contributed by atoms with Gasteiger partial charge in [-0.15, -0.1) is 0 Å². The fourth-order valence-corrected chi connectivity index (χ4v) is 5.52. The lowest BCUT2D eigenvalue weighted by molar-refractivity contribution is -0.145. The van der Waals surface area contributed by atoms with Crippen molar-refractivity contribution in [3.8, 4) is 5.75 Å². The number of carbonyl (C=O) groups excluding carboxylic acids is 4. The van der Waals surface area contributed by atoms with Crippen molar-refractivity contribution in [1.29, 1.82) is 0 Å². The fourth-order valence-electron chi connectivity index (χ4n) is 5.52. The van der Waals surface area contributed by atoms with E-state index >= 15 is 0 Å². The van der Waals surface area contributed by atoms with Gasteiger partial charge in [0.2, 0.25) is 11.8 Å². The maximum Gasteiger partial charge on any atom is 0.308 e. The molecule has 6 rings (SSSR count). The van der Waals surface area contributed by atoms with Crippen LogP contribution in [0.2, 0.25) is 0 Å². The van der Waals surface area contributed by atoms with Crippen LogP contribution in [0.15, 0.2) is 36.4 Å². The Kier molecular flexibility index (Phi) is 4.49. The summed E-state index contributed by atoms with van der Waals surface area (Å²) >= 11 is 0. The summed E-state index contributed by atoms with van der Waals surface area (Å²) in [4.78, 5) is 51.2. The second-order valence-corrected chi connectivity index (χ2v) is 8.55. The molecule has 2 amide bonds. The van der Waals surface area contributed by atoms with Gasteiger partial charge in [0.15, 0.2) is 12.4 Å². The minimum absolute atomic E-state index is 0.00893. The number of hydrogen-bond donors (Lipinski definition) is 0. The molecule has 4 aliphatic carbocycles. The summed E-state index contributed by atoms with van der Waals surface area (Å²) in [5, 5.41) is 0. The molecule has 2 saturated carbocycles. The van der Waals surface area contributed by atoms with Gasteiger partial charge in [-0.25, -0.2) is 0 Å². The van der Waals surface area contributed by atoms with Crippen molar-refractivity contribution >= 4 is 23.6 Å². The summed E-state index contributed by atoms with van der Waals surface area (Å²) in [6.07, 6.45) is 5.24. The van der Waals surface area contributed by atoms with Crippen LogP contribution in [-0.2, 0) is 19.1 Å². The Morgan fingerprint density at radius 1 is 1.00 bits per heavy atom. The standard InChI is InChI=1S/C23H23NO6/c1-29-13-4-2-12(3-5-13)18(25)11-30-19(26)8-9-24-22(27)20-14-6-7-15(17-10-16(14)17)21(20)23(24)28/h2-7,14-17,20-21H,8-11H2,1H3/t14-,15+,16+,17-,20+,21-. The number of amides is 2. The molecule has 0 radical (unpaired) electrons. The molecule has 6 atom stereocenters. The van der Waals surface area contributed by atoms with Crippen LogP contribution in [0.5, 0.6) is 5.75 Å². The first-order chi connectivity index (χ1) is 14.5. The minimum Gasteiger partial charge on any atom is -0.497 e. The topological polar surface area (TPSA) is 90.0 Å². The molecule has 1 aliphatic heterocycles. The lowest BCUT2D eigenvalue weighted by Crippen LogP contribution is -2.40. The molecule has 3 fully saturated rings. The molecule has 1 aromatic rings. The monoisotopic (exact) mass is 409 g/mol. The minimum atomic E-state index is -0.601. The third kappa shape index (κ3) is 2.95. The van der Waals surface area contributed by atoms with Gasteiger partial charge in [-0.2, -0.15) is 0 Å². The quantitative estimate of drug-likeness (QED) is 0.296. The number of esters is 1. The van der Waals surface area contributed by atoms with Gasteiger partial charge in [0.05, 0.1) is 25.4 Å². The Morgan fingerprint density at radius 2 is 1.60 bits per heavy atom. The van der Waals surface area contributed by atoms with E-state index in [-0.39, 0.29) is 60.8 Å². The first-order valence-corrected chi connectivity index (χ1v) is 10.4. The lowest BCUT2D eigenvalue weighted by atomic mass is 9.63. The van der Waals surface area contributed by atoms with Crippen LogP contribution < -0.4 is 4.74 Å². The van der Waals surface area contributed by atoms with E-state index in [2.05, 4.69) is 12.2 Å². The van der Waals surface area contributed by atoms with Crippen LogP contribution >= 0.6 is 0 Å². The zero-order valence-corrected chi connectivity index (χ0v) is 16.7. The van der Waals surface area contributed by atoms with E-state index in [1.807, 2.05) is 0 Å². The Labute approximate surface area is 174 Å². The normalized spacial score (nSPS) is 32.6. The highest BCUT2D eigenvalue weighted by Crippen LogP contribution is 2.65. The molecule has 1 heterocycles. The van der Waals surface area contributed by atoms with Crippen LogP contribution in [0, 0.1) is 35.5 Å². The predicted octanol–water partition coefficient (Wildman–Crippen LogP) is 1.86. The van der Waals surface area contributed by atoms with E-state index in [0.717, 1.165) is 6.42 Å². The molecule has 2 bridgehead atoms. The summed E-state index contributed by atoms with van der Waals surface area (Å²) in [5.74, 6) is 0.301. The molecule has 7 heteroatoms. The van der Waals surface area contributed by atoms with Crippen LogP contribution in [0.4, 0.5) is 0 Å². The maximum atomic E-state index is 12.9. The highest BCUT2D eigenvalue weighted by atomic mass is 16.5. The molecule has 0 unspecified atom stereocenters. The second kappa shape index (κ2) is 7.07. The number of ether oxygens (including phenoxy) is 2. The summed E-state index contributed by atoms with van der Waals surface area (Å²) in [6.45, 7) is -0.370. The van der Waals surface area contributed by atoms with Crippen molar-refractivity contribution in [3.05, 3.63) is 42.0 Å². The second-order valence-electron chi connectivity index (χ2n) is 8.55. The summed E-state index contributed by atoms with van der Waals surface area (Å²) < 4.78 is 10.1. The van der Waals surface area contributed by atoms with E-state index < -0.39 is 5.97 Å². The molecule has 0 N–H and O–H groups in total. The van der Waals surface area contributed by atoms with Gasteiger partial charge < -0.3 is 9.47 Å². The Balaban J connectivity index is 1.14. The van der Waals surface area contributed by atoms with Gasteiger partial charge in [0.1, 0.15) is 5.75 Å². The number of Topliss-reactive ketones (excluding diaryl/α,β-unsaturated/α-hetero) is 1. The summed E-state index contributed by atoms with van der Waals surface area (Å²) in [6, 6.07) is 6.52. The third-order valence-corrected chi connectivity index (χ3v) is 7.07. The van der Waals surface area contributed by atoms with E-state index in [1.165, 1.54) is 12.0 Å². The Morgan fingerprint density at radius 3 is 2.17 bits per heavy atom. The van der Waals surface area contributed by atoms with Crippen molar-refractivity contribution in [2.24, 2.45) is 35.5 Å². The van der Waals surface area contributed by atoms with Crippen LogP contribution in [-0.4, -0.2) is 48.7 Å². The van der Waals surface area contributed by atoms with Gasteiger partial charge in [-0.05, 0) is 54.4 Å². The van der Waals surface area contributed by atoms with Crippen LogP contribution in [0.1, 0.15) is 23.2 Å². The summed E-state index contributed by atoms with van der Waals surface area (Å²) in [7, 11) is 1.54. The van der Waals surface area contributed by atoms with E-state index in [4.69, 9.17) is 9.47 Å². The van der Waals surface area contributed by atoms with Crippen molar-refractivity contribution in [1.82, 2.24) is 4.90 Å². The maximum absolute atomic E-state index is 12.9. The number of carbonyl (C=O) groups is 4. The number of hydrogen-bond acceptors (Lipinski definition) is 6. The highest BCUT2D eigenvalue weighted by molar-refractivity contribution is 6.06. The molecule has 0 spiro atoms. The number of ketones is 1. The molecule has 156 valence electrons. The van der Waals surface area contributed by atoms with E-state index in [0.29, 0.717) is 23.1 Å². The molecule has 1 aromatic carbocycles. The highest BCUT2D eigenvalue weighted by Gasteiger charge is 2.66. The first-order valence-electron chi connectivity index (χ1n) is 10.4. The van der Waals surface area contributed by atoms with Gasteiger partial charge in [-0.3, -0.25) is 24.1 Å². The smallest absolute Gasteiger partial charge is 0.308 e. The molecule has 1 saturated heterocycles. The van der Waals surface area contributed by atoms with E-state index in [9.17, 15) is 19.2 Å². The molecule has 5 aliphatic rings. The van der Waals surface area contributed by atoms with Gasteiger partial charge in [-0.1, -0.05) is 12.2 Å². The molecule has 30 heavy (non-hydrogen) atoms. The number of allylic oxidation sites excluding steroid dienone is 2. The summed E-state index contributed by atoms with van der Waals surface area (Å²) in [5.41, 5.74) is 0.416. The number of benzene rings is 1. The fraction of sp³-hybridized carbons (Fsp3) is 0.478. The van der Waals surface area contributed by atoms with Crippen LogP contribution in [0.3, 0.4) is 0 Å². The number of methoxy groups -OCH3 is 1. The average Bonchev–Trinajstić information content (AvgIpc) is 3.55. The largest absolute Gasteiger partial charge is 0.497 e. The molecule has 7 nitrogen and oxygen atoms in total. The Bertz CT molecular complexity index is 915. The lowest BCUT2D eigenvalue weighted by Gasteiger charge is -2.37. The van der Waals surface area contributed by atoms with E-state index in [1.54, 1.807) is 24.3 Å².